The molecule has 2 aliphatic heterocycles. The number of halogens is 1. The Hall–Kier alpha value is -1.61. The van der Waals surface area contributed by atoms with Crippen molar-refractivity contribution in [2.24, 2.45) is 0 Å². The van der Waals surface area contributed by atoms with Gasteiger partial charge in [0.1, 0.15) is 10.6 Å². The van der Waals surface area contributed by atoms with Crippen LogP contribution in [0.2, 0.25) is 0 Å². The zero-order chi connectivity index (χ0) is 30.0. The first kappa shape index (κ1) is 34.6. The van der Waals surface area contributed by atoms with Gasteiger partial charge in [-0.15, -0.1) is 0 Å². The van der Waals surface area contributed by atoms with Gasteiger partial charge in [0.2, 0.25) is 0 Å². The average Bonchev–Trinajstić information content (AvgIpc) is 3.52. The van der Waals surface area contributed by atoms with Crippen LogP contribution in [0.15, 0.2) is 106 Å². The second-order valence-electron chi connectivity index (χ2n) is 10.7. The van der Waals surface area contributed by atoms with Crippen molar-refractivity contribution in [1.82, 2.24) is 0 Å². The van der Waals surface area contributed by atoms with Crippen LogP contribution in [0.25, 0.3) is 0 Å². The van der Waals surface area contributed by atoms with Crippen molar-refractivity contribution in [3.63, 3.8) is 0 Å². The molecule has 0 aliphatic carbocycles. The van der Waals surface area contributed by atoms with Crippen molar-refractivity contribution >= 4 is 36.1 Å². The fraction of sp³-hybridized carbons (Fsp3) is 0.278. The van der Waals surface area contributed by atoms with Crippen LogP contribution in [0.4, 0.5) is 0 Å². The Morgan fingerprint density at radius 2 is 0.575 bits per heavy atom. The molecule has 3 aromatic rings. The Balaban J connectivity index is 0.000000204. The van der Waals surface area contributed by atoms with E-state index in [0.29, 0.717) is 0 Å². The minimum absolute atomic E-state index is 0.511. The van der Waals surface area contributed by atoms with E-state index in [2.05, 4.69) is 163 Å². The fourth-order valence-corrected chi connectivity index (χ4v) is 9.52. The molecule has 5 rings (SSSR count). The molecule has 0 N–H and O–H groups in total. The van der Waals surface area contributed by atoms with Crippen LogP contribution in [0, 0.1) is 41.5 Å². The van der Waals surface area contributed by atoms with Gasteiger partial charge in [-0.3, -0.25) is 0 Å². The van der Waals surface area contributed by atoms with Gasteiger partial charge in [0.05, 0.1) is 39.1 Å². The molecule has 0 saturated heterocycles. The monoisotopic (exact) mass is 677 g/mol. The SMILES string of the molecule is CC1=C[PH+](c2ccccc2)C=C1C.CC1=C[PH+](c2ccccc2)C=C1C.Cc1c(C)c(C)c(C)c(C)c1C.[Cl][Ru+]. The van der Waals surface area contributed by atoms with Crippen LogP contribution in [-0.4, -0.2) is 0 Å². The van der Waals surface area contributed by atoms with E-state index in [4.69, 9.17) is 0 Å². The summed E-state index contributed by atoms with van der Waals surface area (Å²) in [6, 6.07) is 21.6. The predicted molar refractivity (Wildman–Crippen MR) is 185 cm³/mol. The van der Waals surface area contributed by atoms with Crippen molar-refractivity contribution in [3.8, 4) is 0 Å². The van der Waals surface area contributed by atoms with Gasteiger partial charge in [0.25, 0.3) is 0 Å². The molecular formula is C36H46ClP2Ru+3. The Bertz CT molecular complexity index is 1180. The number of hydrogen-bond acceptors (Lipinski definition) is 0. The Kier molecular flexibility index (Phi) is 14.5. The minimum atomic E-state index is -0.511. The standard InChI is InChI=1S/2C12H13P.C12H18.ClH.Ru/c2*1-10-8-13(9-11(10)2)12-6-4-3-5-7-12;1-7-8(2)10(4)12(6)11(5)9(7)3;;/h2*3-9H,1-2H3;1-6H3;1H;/q;;;;+2/p+1. The van der Waals surface area contributed by atoms with E-state index >= 15 is 0 Å². The summed E-state index contributed by atoms with van der Waals surface area (Å²) in [5, 5.41) is 2.98. The molecule has 4 heteroatoms. The van der Waals surface area contributed by atoms with Gasteiger partial charge in [0.15, 0.2) is 0 Å². The molecule has 3 aromatic carbocycles. The number of benzene rings is 3. The van der Waals surface area contributed by atoms with Crippen LogP contribution in [-0.2, 0) is 17.3 Å². The molecule has 0 fully saturated rings. The molecule has 0 saturated carbocycles. The summed E-state index contributed by atoms with van der Waals surface area (Å²) in [5.41, 5.74) is 14.6. The molecule has 2 heterocycles. The van der Waals surface area contributed by atoms with Crippen LogP contribution < -0.4 is 10.6 Å². The summed E-state index contributed by atoms with van der Waals surface area (Å²) in [6.07, 6.45) is 0. The average molecular weight is 677 g/mol. The third kappa shape index (κ3) is 9.20. The number of hydrogen-bond donors (Lipinski definition) is 0. The molecule has 0 spiro atoms. The third-order valence-electron chi connectivity index (χ3n) is 8.32. The first-order valence-corrected chi connectivity index (χ1v) is 19.3. The summed E-state index contributed by atoms with van der Waals surface area (Å²) in [4.78, 5) is 0. The number of rotatable bonds is 2. The molecule has 0 atom stereocenters. The number of allylic oxidation sites excluding steroid dienone is 4. The summed E-state index contributed by atoms with van der Waals surface area (Å²) in [6.45, 7) is 22.1. The van der Waals surface area contributed by atoms with Crippen LogP contribution >= 0.6 is 25.5 Å². The van der Waals surface area contributed by atoms with Gasteiger partial charge in [-0.05, 0) is 149 Å². The molecular weight excluding hydrogens is 631 g/mol. The molecule has 212 valence electrons. The van der Waals surface area contributed by atoms with Gasteiger partial charge < -0.3 is 0 Å². The van der Waals surface area contributed by atoms with Crippen molar-refractivity contribution in [2.45, 2.75) is 69.2 Å². The van der Waals surface area contributed by atoms with Crippen molar-refractivity contribution in [2.75, 3.05) is 0 Å². The molecule has 0 amide bonds. The van der Waals surface area contributed by atoms with Gasteiger partial charge in [-0.1, -0.05) is 36.4 Å². The Morgan fingerprint density at radius 1 is 0.375 bits per heavy atom. The maximum absolute atomic E-state index is 4.57. The molecule has 0 aromatic heterocycles. The Labute approximate surface area is 261 Å². The quantitative estimate of drug-likeness (QED) is 0.187. The predicted octanol–water partition coefficient (Wildman–Crippen LogP) is 10.9. The molecule has 2 aliphatic rings. The summed E-state index contributed by atoms with van der Waals surface area (Å²) in [5.74, 6) is 9.70. The van der Waals surface area contributed by atoms with Crippen molar-refractivity contribution in [1.29, 1.82) is 0 Å². The second kappa shape index (κ2) is 16.7. The van der Waals surface area contributed by atoms with Crippen LogP contribution in [0.5, 0.6) is 0 Å². The Morgan fingerprint density at radius 3 is 0.775 bits per heavy atom. The normalized spacial score (nSPS) is 14.4. The van der Waals surface area contributed by atoms with Crippen LogP contribution in [0.1, 0.15) is 61.1 Å². The van der Waals surface area contributed by atoms with E-state index in [1.54, 1.807) is 0 Å². The molecule has 40 heavy (non-hydrogen) atoms. The summed E-state index contributed by atoms with van der Waals surface area (Å²) in [7, 11) is 3.55. The first-order chi connectivity index (χ1) is 19.0. The van der Waals surface area contributed by atoms with Crippen LogP contribution in [0.3, 0.4) is 0 Å². The second-order valence-corrected chi connectivity index (χ2v) is 14.8. The van der Waals surface area contributed by atoms with E-state index in [1.807, 2.05) is 17.3 Å². The fourth-order valence-electron chi connectivity index (χ4n) is 4.75. The van der Waals surface area contributed by atoms with E-state index in [1.165, 1.54) is 66.3 Å². The summed E-state index contributed by atoms with van der Waals surface area (Å²) >= 11 is 1.82. The zero-order valence-electron chi connectivity index (χ0n) is 25.8. The maximum atomic E-state index is 4.57. The van der Waals surface area contributed by atoms with E-state index in [0.717, 1.165) is 0 Å². The van der Waals surface area contributed by atoms with Crippen molar-refractivity contribution < 1.29 is 17.3 Å². The molecule has 0 nitrogen and oxygen atoms in total. The van der Waals surface area contributed by atoms with Gasteiger partial charge in [-0.25, -0.2) is 0 Å². The third-order valence-corrected chi connectivity index (χ3v) is 13.3. The topological polar surface area (TPSA) is 0 Å². The van der Waals surface area contributed by atoms with Crippen molar-refractivity contribution in [3.05, 3.63) is 140 Å². The molecule has 0 bridgehead atoms. The zero-order valence-corrected chi connectivity index (χ0v) is 30.3. The first-order valence-electron chi connectivity index (χ1n) is 13.8. The van der Waals surface area contributed by atoms with Gasteiger partial charge >= 0.3 is 27.0 Å². The van der Waals surface area contributed by atoms with Gasteiger partial charge in [0, 0.05) is 0 Å². The van der Waals surface area contributed by atoms with E-state index in [9.17, 15) is 0 Å². The molecule has 0 radical (unpaired) electrons. The van der Waals surface area contributed by atoms with Gasteiger partial charge in [-0.2, -0.15) is 0 Å². The molecule has 0 unspecified atom stereocenters. The summed E-state index contributed by atoms with van der Waals surface area (Å²) < 4.78 is 0. The van der Waals surface area contributed by atoms with E-state index in [-0.39, 0.29) is 0 Å². The van der Waals surface area contributed by atoms with E-state index < -0.39 is 15.8 Å².